The summed E-state index contributed by atoms with van der Waals surface area (Å²) in [6, 6.07) is 0. The van der Waals surface area contributed by atoms with Gasteiger partial charge in [-0.3, -0.25) is 4.79 Å². The van der Waals surface area contributed by atoms with Crippen molar-refractivity contribution in [2.45, 2.75) is 104 Å². The van der Waals surface area contributed by atoms with Crippen LogP contribution in [0, 0.1) is 5.92 Å². The minimum Gasteiger partial charge on any atom is -0.457 e. The molecule has 0 radical (unpaired) electrons. The molecule has 2 bridgehead atoms. The Hall–Kier alpha value is -1.09. The number of esters is 1. The van der Waals surface area contributed by atoms with Crippen molar-refractivity contribution in [2.24, 2.45) is 5.92 Å². The molecule has 0 aromatic carbocycles. The number of carbonyl (C=O) groups excluding carboxylic acids is 1. The summed E-state index contributed by atoms with van der Waals surface area (Å²) in [5, 5.41) is 0. The average Bonchev–Trinajstić information content (AvgIpc) is 2.79. The Balaban J connectivity index is 2.27. The Bertz CT molecular complexity index is 543. The van der Waals surface area contributed by atoms with E-state index in [9.17, 15) is 4.79 Å². The summed E-state index contributed by atoms with van der Waals surface area (Å²) in [5.41, 5.74) is 2.17. The first-order chi connectivity index (χ1) is 11.6. The van der Waals surface area contributed by atoms with E-state index in [4.69, 9.17) is 9.47 Å². The second-order valence-corrected chi connectivity index (χ2v) is 8.77. The van der Waals surface area contributed by atoms with Crippen molar-refractivity contribution in [3.63, 3.8) is 0 Å². The highest BCUT2D eigenvalue weighted by molar-refractivity contribution is 5.66. The molecule has 1 heterocycles. The third-order valence-corrected chi connectivity index (χ3v) is 6.04. The quantitative estimate of drug-likeness (QED) is 0.448. The van der Waals surface area contributed by atoms with Crippen LogP contribution < -0.4 is 0 Å². The molecule has 0 aromatic rings. The minimum absolute atomic E-state index is 0.0302. The van der Waals surface area contributed by atoms with Crippen molar-refractivity contribution in [1.29, 1.82) is 0 Å². The lowest BCUT2D eigenvalue weighted by molar-refractivity contribution is -0.179. The van der Waals surface area contributed by atoms with Gasteiger partial charge in [-0.15, -0.1) is 0 Å². The first-order valence-electron chi connectivity index (χ1n) is 9.81. The Morgan fingerprint density at radius 3 is 2.44 bits per heavy atom. The maximum Gasteiger partial charge on any atom is 0.303 e. The normalized spacial score (nSPS) is 33.8. The third kappa shape index (κ3) is 5.44. The zero-order valence-corrected chi connectivity index (χ0v) is 17.0. The number of hydrogen-bond acceptors (Lipinski definition) is 3. The third-order valence-electron chi connectivity index (χ3n) is 6.04. The molecule has 2 aliphatic rings. The van der Waals surface area contributed by atoms with E-state index in [0.29, 0.717) is 5.92 Å². The molecule has 0 N–H and O–H groups in total. The summed E-state index contributed by atoms with van der Waals surface area (Å²) in [4.78, 5) is 11.7. The van der Waals surface area contributed by atoms with Crippen molar-refractivity contribution in [3.05, 3.63) is 23.3 Å². The van der Waals surface area contributed by atoms with Crippen LogP contribution in [0.3, 0.4) is 0 Å². The maximum absolute atomic E-state index is 11.7. The van der Waals surface area contributed by atoms with E-state index in [1.807, 2.05) is 0 Å². The van der Waals surface area contributed by atoms with E-state index in [-0.39, 0.29) is 17.7 Å². The molecule has 0 spiro atoms. The number of rotatable bonds is 1. The molecule has 1 fully saturated rings. The smallest absolute Gasteiger partial charge is 0.303 e. The fourth-order valence-corrected chi connectivity index (χ4v) is 4.26. The first kappa shape index (κ1) is 20.2. The predicted molar refractivity (Wildman–Crippen MR) is 102 cm³/mol. The Kier molecular flexibility index (Phi) is 6.53. The average molecular weight is 349 g/mol. The zero-order chi connectivity index (χ0) is 18.7. The summed E-state index contributed by atoms with van der Waals surface area (Å²) in [6.07, 6.45) is 11.8. The lowest BCUT2D eigenvalue weighted by Crippen LogP contribution is -2.44. The molecular formula is C22H36O3. The van der Waals surface area contributed by atoms with Crippen LogP contribution in [0.5, 0.6) is 0 Å². The molecule has 3 atom stereocenters. The van der Waals surface area contributed by atoms with Crippen LogP contribution in [0.2, 0.25) is 0 Å². The standard InChI is InChI=1S/C22H36O3/c1-16-9-7-10-17(2)12-13-19-15-20(25-21(19,4)5)22(6,14-8-11-16)24-18(3)23/h10-11,19-20H,7-9,12-15H2,1-6H3. The molecule has 1 aliphatic heterocycles. The van der Waals surface area contributed by atoms with Crippen LogP contribution in [0.1, 0.15) is 86.5 Å². The van der Waals surface area contributed by atoms with Gasteiger partial charge in [-0.1, -0.05) is 23.3 Å². The Morgan fingerprint density at radius 2 is 1.76 bits per heavy atom. The number of allylic oxidation sites excluding steroid dienone is 4. The van der Waals surface area contributed by atoms with Crippen LogP contribution in [0.4, 0.5) is 0 Å². The maximum atomic E-state index is 11.7. The molecule has 25 heavy (non-hydrogen) atoms. The molecule has 0 amide bonds. The van der Waals surface area contributed by atoms with Crippen molar-refractivity contribution >= 4 is 5.97 Å². The van der Waals surface area contributed by atoms with Gasteiger partial charge < -0.3 is 9.47 Å². The van der Waals surface area contributed by atoms with Crippen molar-refractivity contribution in [2.75, 3.05) is 0 Å². The number of fused-ring (bicyclic) bond motifs is 2. The van der Waals surface area contributed by atoms with Crippen LogP contribution in [0.25, 0.3) is 0 Å². The van der Waals surface area contributed by atoms with Crippen LogP contribution >= 0.6 is 0 Å². The van der Waals surface area contributed by atoms with Crippen molar-refractivity contribution in [1.82, 2.24) is 0 Å². The summed E-state index contributed by atoms with van der Waals surface area (Å²) in [5.74, 6) is 0.281. The van der Waals surface area contributed by atoms with E-state index in [1.54, 1.807) is 0 Å². The van der Waals surface area contributed by atoms with Crippen molar-refractivity contribution in [3.8, 4) is 0 Å². The van der Waals surface area contributed by atoms with Gasteiger partial charge in [-0.05, 0) is 85.5 Å². The molecule has 1 aliphatic carbocycles. The Labute approximate surface area is 153 Å². The SMILES string of the molecule is CC(=O)OC1(C)CCC=C(C)CCC=C(C)CCC2CC1OC2(C)C. The minimum atomic E-state index is -0.552. The van der Waals surface area contributed by atoms with Gasteiger partial charge in [0.2, 0.25) is 0 Å². The molecule has 3 nitrogen and oxygen atoms in total. The highest BCUT2D eigenvalue weighted by Gasteiger charge is 2.49. The largest absolute Gasteiger partial charge is 0.457 e. The van der Waals surface area contributed by atoms with E-state index < -0.39 is 5.60 Å². The van der Waals surface area contributed by atoms with Gasteiger partial charge in [0, 0.05) is 6.92 Å². The van der Waals surface area contributed by atoms with Gasteiger partial charge in [0.25, 0.3) is 0 Å². The van der Waals surface area contributed by atoms with Gasteiger partial charge in [0.05, 0.1) is 11.7 Å². The molecule has 2 rings (SSSR count). The molecular weight excluding hydrogens is 312 g/mol. The molecule has 142 valence electrons. The second kappa shape index (κ2) is 8.07. The van der Waals surface area contributed by atoms with Crippen molar-refractivity contribution < 1.29 is 14.3 Å². The molecule has 3 unspecified atom stereocenters. The number of ether oxygens (including phenoxy) is 2. The highest BCUT2D eigenvalue weighted by atomic mass is 16.6. The predicted octanol–water partition coefficient (Wildman–Crippen LogP) is 5.74. The fourth-order valence-electron chi connectivity index (χ4n) is 4.26. The summed E-state index contributed by atoms with van der Waals surface area (Å²) in [6.45, 7) is 12.4. The van der Waals surface area contributed by atoms with Crippen LogP contribution in [-0.2, 0) is 14.3 Å². The van der Waals surface area contributed by atoms with Crippen LogP contribution in [-0.4, -0.2) is 23.3 Å². The van der Waals surface area contributed by atoms with E-state index in [2.05, 4.69) is 46.8 Å². The summed E-state index contributed by atoms with van der Waals surface area (Å²) < 4.78 is 12.3. The molecule has 0 aromatic heterocycles. The number of hydrogen-bond donors (Lipinski definition) is 0. The van der Waals surface area contributed by atoms with Gasteiger partial charge in [-0.2, -0.15) is 0 Å². The lowest BCUT2D eigenvalue weighted by atomic mass is 9.81. The lowest BCUT2D eigenvalue weighted by Gasteiger charge is -2.35. The molecule has 0 saturated carbocycles. The summed E-state index contributed by atoms with van der Waals surface area (Å²) in [7, 11) is 0. The van der Waals surface area contributed by atoms with E-state index in [0.717, 1.165) is 44.9 Å². The topological polar surface area (TPSA) is 35.5 Å². The molecule has 1 saturated heterocycles. The van der Waals surface area contributed by atoms with E-state index in [1.165, 1.54) is 18.1 Å². The molecule has 3 heteroatoms. The highest BCUT2D eigenvalue weighted by Crippen LogP contribution is 2.45. The monoisotopic (exact) mass is 348 g/mol. The zero-order valence-electron chi connectivity index (χ0n) is 17.0. The number of carbonyl (C=O) groups is 1. The van der Waals surface area contributed by atoms with E-state index >= 15 is 0 Å². The Morgan fingerprint density at radius 1 is 1.12 bits per heavy atom. The fraction of sp³-hybridized carbons (Fsp3) is 0.773. The summed E-state index contributed by atoms with van der Waals surface area (Å²) >= 11 is 0. The van der Waals surface area contributed by atoms with Gasteiger partial charge in [-0.25, -0.2) is 0 Å². The van der Waals surface area contributed by atoms with Gasteiger partial charge in [0.1, 0.15) is 5.60 Å². The second-order valence-electron chi connectivity index (χ2n) is 8.77. The van der Waals surface area contributed by atoms with Gasteiger partial charge >= 0.3 is 5.97 Å². The van der Waals surface area contributed by atoms with Crippen LogP contribution in [0.15, 0.2) is 23.3 Å². The van der Waals surface area contributed by atoms with Gasteiger partial charge in [0.15, 0.2) is 0 Å². The first-order valence-corrected chi connectivity index (χ1v) is 9.81.